The zero-order valence-electron chi connectivity index (χ0n) is 22.6. The Hall–Kier alpha value is -3.47. The average molecular weight is 564 g/mol. The van der Waals surface area contributed by atoms with Gasteiger partial charge in [0.25, 0.3) is 0 Å². The van der Waals surface area contributed by atoms with E-state index in [1.165, 1.54) is 16.1 Å². The van der Waals surface area contributed by atoms with Crippen molar-refractivity contribution in [2.75, 3.05) is 18.8 Å². The monoisotopic (exact) mass is 563 g/mol. The van der Waals surface area contributed by atoms with Gasteiger partial charge in [0.1, 0.15) is 0 Å². The van der Waals surface area contributed by atoms with E-state index in [-0.39, 0.29) is 23.9 Å². The number of hydrogen-bond donors (Lipinski definition) is 2. The lowest BCUT2D eigenvalue weighted by Gasteiger charge is -2.24. The molecule has 0 aliphatic heterocycles. The highest BCUT2D eigenvalue weighted by molar-refractivity contribution is 7.99. The van der Waals surface area contributed by atoms with Crippen LogP contribution in [0.3, 0.4) is 0 Å². The molecule has 0 bridgehead atoms. The van der Waals surface area contributed by atoms with Crippen molar-refractivity contribution < 1.29 is 13.2 Å². The van der Waals surface area contributed by atoms with Crippen LogP contribution in [0.15, 0.2) is 76.8 Å². The van der Waals surface area contributed by atoms with Crippen LogP contribution in [0.25, 0.3) is 11.4 Å². The van der Waals surface area contributed by atoms with Crippen LogP contribution in [0.4, 0.5) is 0 Å². The normalized spacial score (nSPS) is 11.6. The molecule has 204 valence electrons. The van der Waals surface area contributed by atoms with Crippen molar-refractivity contribution >= 4 is 27.7 Å². The number of thioether (sulfide) groups is 1. The maximum absolute atomic E-state index is 13.8. The number of benzene rings is 3. The maximum Gasteiger partial charge on any atom is 0.244 e. The van der Waals surface area contributed by atoms with Crippen LogP contribution in [0.1, 0.15) is 27.8 Å². The first-order chi connectivity index (χ1) is 18.6. The van der Waals surface area contributed by atoms with Gasteiger partial charge in [0, 0.05) is 24.4 Å². The van der Waals surface area contributed by atoms with Gasteiger partial charge >= 0.3 is 0 Å². The molecule has 0 atom stereocenters. The SMILES string of the molecule is Cc1ccc(CN(CC(=O)NCCSc2n[nH]c(-c3ccccc3)n2)S(=O)(=O)c2c(C)cc(C)cc2C)cc1. The smallest absolute Gasteiger partial charge is 0.244 e. The lowest BCUT2D eigenvalue weighted by Crippen LogP contribution is -2.41. The lowest BCUT2D eigenvalue weighted by molar-refractivity contribution is -0.121. The Morgan fingerprint density at radius 3 is 2.28 bits per heavy atom. The molecule has 3 aromatic carbocycles. The molecule has 4 rings (SSSR count). The number of aryl methyl sites for hydroxylation is 4. The van der Waals surface area contributed by atoms with Crippen LogP contribution >= 0.6 is 11.8 Å². The van der Waals surface area contributed by atoms with Gasteiger partial charge in [-0.3, -0.25) is 9.89 Å². The van der Waals surface area contributed by atoms with E-state index in [4.69, 9.17) is 0 Å². The Balaban J connectivity index is 1.42. The molecule has 0 unspecified atom stereocenters. The average Bonchev–Trinajstić information content (AvgIpc) is 3.36. The summed E-state index contributed by atoms with van der Waals surface area (Å²) in [6.07, 6.45) is 0. The standard InChI is InChI=1S/C29H33N5O3S2/c1-20-10-12-24(13-11-20)18-34(39(36,37)27-22(3)16-21(2)17-23(27)4)19-26(35)30-14-15-38-29-31-28(32-33-29)25-8-6-5-7-9-25/h5-13,16-17H,14-15,18-19H2,1-4H3,(H,30,35)(H,31,32,33). The lowest BCUT2D eigenvalue weighted by atomic mass is 10.1. The van der Waals surface area contributed by atoms with Gasteiger partial charge in [0.15, 0.2) is 5.82 Å². The van der Waals surface area contributed by atoms with Gasteiger partial charge in [0.05, 0.1) is 11.4 Å². The Kier molecular flexibility index (Phi) is 9.21. The Morgan fingerprint density at radius 1 is 0.949 bits per heavy atom. The number of aromatic nitrogens is 3. The molecule has 4 aromatic rings. The van der Waals surface area contributed by atoms with Gasteiger partial charge < -0.3 is 5.32 Å². The van der Waals surface area contributed by atoms with Crippen molar-refractivity contribution in [3.63, 3.8) is 0 Å². The van der Waals surface area contributed by atoms with Crippen LogP contribution in [0, 0.1) is 27.7 Å². The number of carbonyl (C=O) groups is 1. The summed E-state index contributed by atoms with van der Waals surface area (Å²) in [4.78, 5) is 17.7. The van der Waals surface area contributed by atoms with Gasteiger partial charge in [-0.25, -0.2) is 13.4 Å². The van der Waals surface area contributed by atoms with E-state index < -0.39 is 10.0 Å². The van der Waals surface area contributed by atoms with Crippen molar-refractivity contribution in [2.24, 2.45) is 0 Å². The van der Waals surface area contributed by atoms with Gasteiger partial charge in [-0.2, -0.15) is 4.31 Å². The minimum absolute atomic E-state index is 0.0942. The van der Waals surface area contributed by atoms with Gasteiger partial charge in [-0.05, 0) is 44.4 Å². The van der Waals surface area contributed by atoms with Crippen LogP contribution < -0.4 is 5.32 Å². The van der Waals surface area contributed by atoms with Gasteiger partial charge in [-0.1, -0.05) is 89.6 Å². The van der Waals surface area contributed by atoms with Gasteiger partial charge in [-0.15, -0.1) is 5.10 Å². The molecule has 1 amide bonds. The third-order valence-corrected chi connectivity index (χ3v) is 9.12. The van der Waals surface area contributed by atoms with E-state index >= 15 is 0 Å². The van der Waals surface area contributed by atoms with Crippen LogP contribution in [-0.2, 0) is 21.4 Å². The predicted molar refractivity (Wildman–Crippen MR) is 155 cm³/mol. The van der Waals surface area contributed by atoms with Crippen molar-refractivity contribution in [3.05, 3.63) is 94.5 Å². The number of carbonyl (C=O) groups excluding carboxylic acids is 1. The third-order valence-electron chi connectivity index (χ3n) is 6.17. The molecule has 1 aromatic heterocycles. The Labute approximate surface area is 234 Å². The minimum Gasteiger partial charge on any atom is -0.354 e. The molecule has 39 heavy (non-hydrogen) atoms. The number of nitrogens with one attached hydrogen (secondary N) is 2. The van der Waals surface area contributed by atoms with Crippen LogP contribution in [0.2, 0.25) is 0 Å². The first-order valence-electron chi connectivity index (χ1n) is 12.6. The summed E-state index contributed by atoms with van der Waals surface area (Å²) < 4.78 is 29.0. The fraction of sp³-hybridized carbons (Fsp3) is 0.276. The zero-order valence-corrected chi connectivity index (χ0v) is 24.2. The quantitative estimate of drug-likeness (QED) is 0.200. The fourth-order valence-electron chi connectivity index (χ4n) is 4.41. The maximum atomic E-state index is 13.8. The molecule has 0 radical (unpaired) electrons. The molecule has 10 heteroatoms. The highest BCUT2D eigenvalue weighted by Gasteiger charge is 2.30. The first-order valence-corrected chi connectivity index (χ1v) is 15.1. The molecular weight excluding hydrogens is 530 g/mol. The predicted octanol–water partition coefficient (Wildman–Crippen LogP) is 4.80. The van der Waals surface area contributed by atoms with E-state index in [0.29, 0.717) is 34.4 Å². The highest BCUT2D eigenvalue weighted by Crippen LogP contribution is 2.26. The number of aromatic amines is 1. The largest absolute Gasteiger partial charge is 0.354 e. The van der Waals surface area contributed by atoms with E-state index in [0.717, 1.165) is 22.3 Å². The molecule has 0 saturated heterocycles. The van der Waals surface area contributed by atoms with Crippen molar-refractivity contribution in [3.8, 4) is 11.4 Å². The second-order valence-corrected chi connectivity index (χ2v) is 12.5. The zero-order chi connectivity index (χ0) is 28.0. The number of amides is 1. The highest BCUT2D eigenvalue weighted by atomic mass is 32.2. The molecule has 0 fully saturated rings. The summed E-state index contributed by atoms with van der Waals surface area (Å²) in [5.41, 5.74) is 5.16. The van der Waals surface area contributed by atoms with Crippen molar-refractivity contribution in [1.29, 1.82) is 0 Å². The van der Waals surface area contributed by atoms with Crippen LogP contribution in [0.5, 0.6) is 0 Å². The molecule has 8 nitrogen and oxygen atoms in total. The summed E-state index contributed by atoms with van der Waals surface area (Å²) >= 11 is 1.41. The van der Waals surface area contributed by atoms with E-state index in [9.17, 15) is 13.2 Å². The number of sulfonamides is 1. The molecule has 2 N–H and O–H groups in total. The molecule has 0 aliphatic carbocycles. The molecule has 0 saturated carbocycles. The number of hydrogen-bond acceptors (Lipinski definition) is 6. The number of H-pyrrole nitrogens is 1. The Morgan fingerprint density at radius 2 is 1.62 bits per heavy atom. The summed E-state index contributed by atoms with van der Waals surface area (Å²) in [7, 11) is -3.94. The van der Waals surface area contributed by atoms with Crippen molar-refractivity contribution in [1.82, 2.24) is 24.8 Å². The molecular formula is C29H33N5O3S2. The second-order valence-electron chi connectivity index (χ2n) is 9.52. The van der Waals surface area contributed by atoms with Gasteiger partial charge in [0.2, 0.25) is 21.1 Å². The summed E-state index contributed by atoms with van der Waals surface area (Å²) in [6, 6.07) is 21.1. The second kappa shape index (κ2) is 12.6. The Bertz CT molecular complexity index is 1510. The minimum atomic E-state index is -3.94. The summed E-state index contributed by atoms with van der Waals surface area (Å²) in [6.45, 7) is 7.65. The fourth-order valence-corrected chi connectivity index (χ4v) is 6.86. The molecule has 1 heterocycles. The number of nitrogens with zero attached hydrogens (tertiary/aromatic N) is 3. The summed E-state index contributed by atoms with van der Waals surface area (Å²) in [5.74, 6) is 0.855. The third kappa shape index (κ3) is 7.35. The van der Waals surface area contributed by atoms with Crippen LogP contribution in [-0.4, -0.2) is 52.7 Å². The van der Waals surface area contributed by atoms with E-state index in [1.807, 2.05) is 80.6 Å². The van der Waals surface area contributed by atoms with Crippen molar-refractivity contribution in [2.45, 2.75) is 44.3 Å². The topological polar surface area (TPSA) is 108 Å². The van der Waals surface area contributed by atoms with E-state index in [2.05, 4.69) is 20.5 Å². The number of rotatable bonds is 11. The first kappa shape index (κ1) is 28.5. The molecule has 0 spiro atoms. The van der Waals surface area contributed by atoms with E-state index in [1.54, 1.807) is 13.8 Å². The summed E-state index contributed by atoms with van der Waals surface area (Å²) in [5, 5.41) is 10.6. The molecule has 0 aliphatic rings.